The minimum absolute atomic E-state index is 0.0324. The Morgan fingerprint density at radius 1 is 1.20 bits per heavy atom. The zero-order chi connectivity index (χ0) is 21.3. The number of hydrogen-bond acceptors (Lipinski definition) is 4. The molecule has 1 unspecified atom stereocenters. The fourth-order valence-electron chi connectivity index (χ4n) is 3.81. The molecule has 1 amide bonds. The van der Waals surface area contributed by atoms with Gasteiger partial charge in [-0.25, -0.2) is 9.37 Å². The molecule has 1 aliphatic rings. The molecule has 0 saturated carbocycles. The molecule has 1 atom stereocenters. The van der Waals surface area contributed by atoms with Crippen LogP contribution in [0.5, 0.6) is 0 Å². The summed E-state index contributed by atoms with van der Waals surface area (Å²) in [5.41, 5.74) is 3.84. The molecule has 1 aliphatic heterocycles. The second-order valence-corrected chi connectivity index (χ2v) is 7.48. The largest absolute Gasteiger partial charge is 0.363 e. The number of aromatic nitrogens is 1. The maximum Gasteiger partial charge on any atom is 0.254 e. The first kappa shape index (κ1) is 19.9. The second-order valence-electron chi connectivity index (χ2n) is 7.48. The van der Waals surface area contributed by atoms with Crippen LogP contribution in [0.15, 0.2) is 60.8 Å². The van der Waals surface area contributed by atoms with Crippen LogP contribution in [0.1, 0.15) is 41.4 Å². The molecular formula is C24H25FN4O. The van der Waals surface area contributed by atoms with E-state index in [4.69, 9.17) is 0 Å². The second kappa shape index (κ2) is 8.14. The van der Waals surface area contributed by atoms with Gasteiger partial charge in [0.25, 0.3) is 5.91 Å². The number of fused-ring (bicyclic) bond motifs is 1. The summed E-state index contributed by atoms with van der Waals surface area (Å²) in [6.45, 7) is 5.13. The number of halogens is 1. The summed E-state index contributed by atoms with van der Waals surface area (Å²) in [5, 5.41) is 3.36. The predicted molar refractivity (Wildman–Crippen MR) is 118 cm³/mol. The molecule has 154 valence electrons. The topological polar surface area (TPSA) is 48.5 Å². The standard InChI is InChI=1S/C24H25FN4O/c1-4-29-15-20-19(24(29)30)12-13-26-23(20)27-16(2)17-10-11-22(21(25)14-17)28(3)18-8-6-5-7-9-18/h5-14,16H,4,15H2,1-3H3,(H,26,27). The van der Waals surface area contributed by atoms with Gasteiger partial charge in [-0.2, -0.15) is 0 Å². The number of rotatable bonds is 6. The minimum Gasteiger partial charge on any atom is -0.363 e. The maximum absolute atomic E-state index is 14.9. The van der Waals surface area contributed by atoms with E-state index in [0.717, 1.165) is 16.8 Å². The van der Waals surface area contributed by atoms with Crippen LogP contribution in [0.25, 0.3) is 0 Å². The van der Waals surface area contributed by atoms with E-state index in [0.29, 0.717) is 30.2 Å². The molecule has 0 aliphatic carbocycles. The molecule has 6 heteroatoms. The van der Waals surface area contributed by atoms with Crippen molar-refractivity contribution in [2.24, 2.45) is 0 Å². The molecule has 3 aromatic rings. The Morgan fingerprint density at radius 2 is 1.97 bits per heavy atom. The molecule has 1 N–H and O–H groups in total. The van der Waals surface area contributed by atoms with Crippen molar-refractivity contribution in [1.82, 2.24) is 9.88 Å². The molecule has 0 saturated heterocycles. The van der Waals surface area contributed by atoms with Crippen LogP contribution >= 0.6 is 0 Å². The molecule has 1 aromatic heterocycles. The molecule has 0 fully saturated rings. The number of amides is 1. The van der Waals surface area contributed by atoms with Crippen LogP contribution in [0, 0.1) is 5.82 Å². The highest BCUT2D eigenvalue weighted by atomic mass is 19.1. The Bertz CT molecular complexity index is 1070. The number of carbonyl (C=O) groups excluding carboxylic acids is 1. The summed E-state index contributed by atoms with van der Waals surface area (Å²) in [6.07, 6.45) is 1.64. The lowest BCUT2D eigenvalue weighted by atomic mass is 10.1. The molecule has 2 aromatic carbocycles. The third-order valence-electron chi connectivity index (χ3n) is 5.63. The van der Waals surface area contributed by atoms with E-state index < -0.39 is 0 Å². The average Bonchev–Trinajstić information content (AvgIpc) is 3.10. The first-order chi connectivity index (χ1) is 14.5. The summed E-state index contributed by atoms with van der Waals surface area (Å²) < 4.78 is 14.9. The van der Waals surface area contributed by atoms with E-state index in [1.807, 2.05) is 62.2 Å². The van der Waals surface area contributed by atoms with E-state index in [-0.39, 0.29) is 17.8 Å². The lowest BCUT2D eigenvalue weighted by molar-refractivity contribution is 0.0787. The van der Waals surface area contributed by atoms with Gasteiger partial charge < -0.3 is 15.1 Å². The first-order valence-corrected chi connectivity index (χ1v) is 10.1. The number of para-hydroxylation sites is 1. The Kier molecular flexibility index (Phi) is 5.40. The zero-order valence-corrected chi connectivity index (χ0v) is 17.4. The lowest BCUT2D eigenvalue weighted by Gasteiger charge is -2.22. The highest BCUT2D eigenvalue weighted by molar-refractivity contribution is 5.99. The van der Waals surface area contributed by atoms with Gasteiger partial charge in [0.05, 0.1) is 18.3 Å². The fourth-order valence-corrected chi connectivity index (χ4v) is 3.81. The first-order valence-electron chi connectivity index (χ1n) is 10.1. The van der Waals surface area contributed by atoms with Crippen LogP contribution in [0.3, 0.4) is 0 Å². The summed E-state index contributed by atoms with van der Waals surface area (Å²) in [7, 11) is 1.85. The molecular weight excluding hydrogens is 379 g/mol. The number of carbonyl (C=O) groups is 1. The minimum atomic E-state index is -0.286. The van der Waals surface area contributed by atoms with Crippen LogP contribution < -0.4 is 10.2 Å². The van der Waals surface area contributed by atoms with Gasteiger partial charge in [-0.15, -0.1) is 0 Å². The number of benzene rings is 2. The normalized spacial score (nSPS) is 13.9. The molecule has 0 spiro atoms. The zero-order valence-electron chi connectivity index (χ0n) is 17.4. The van der Waals surface area contributed by atoms with Crippen LogP contribution in [-0.2, 0) is 6.54 Å². The van der Waals surface area contributed by atoms with E-state index in [9.17, 15) is 9.18 Å². The molecule has 0 bridgehead atoms. The van der Waals surface area contributed by atoms with Gasteiger partial charge in [-0.1, -0.05) is 24.3 Å². The Labute approximate surface area is 176 Å². The van der Waals surface area contributed by atoms with E-state index in [1.165, 1.54) is 0 Å². The van der Waals surface area contributed by atoms with Crippen molar-refractivity contribution < 1.29 is 9.18 Å². The Balaban J connectivity index is 1.55. The SMILES string of the molecule is CCN1Cc2c(ccnc2NC(C)c2ccc(N(C)c3ccccc3)c(F)c2)C1=O. The highest BCUT2D eigenvalue weighted by Gasteiger charge is 2.29. The van der Waals surface area contributed by atoms with Crippen molar-refractivity contribution in [1.29, 1.82) is 0 Å². The van der Waals surface area contributed by atoms with Gasteiger partial charge in [-0.05, 0) is 49.7 Å². The fraction of sp³-hybridized carbons (Fsp3) is 0.250. The summed E-state index contributed by atoms with van der Waals surface area (Å²) in [6, 6.07) is 16.5. The predicted octanol–water partition coefficient (Wildman–Crippen LogP) is 5.14. The monoisotopic (exact) mass is 404 g/mol. The third-order valence-corrected chi connectivity index (χ3v) is 5.63. The highest BCUT2D eigenvalue weighted by Crippen LogP contribution is 2.32. The Morgan fingerprint density at radius 3 is 2.67 bits per heavy atom. The number of nitrogens with one attached hydrogen (secondary N) is 1. The van der Waals surface area contributed by atoms with Crippen molar-refractivity contribution in [3.05, 3.63) is 83.3 Å². The van der Waals surface area contributed by atoms with Gasteiger partial charge in [0.1, 0.15) is 11.6 Å². The van der Waals surface area contributed by atoms with Crippen molar-refractivity contribution in [3.8, 4) is 0 Å². The van der Waals surface area contributed by atoms with E-state index >= 15 is 0 Å². The number of nitrogens with zero attached hydrogens (tertiary/aromatic N) is 3. The van der Waals surface area contributed by atoms with E-state index in [1.54, 1.807) is 29.3 Å². The summed E-state index contributed by atoms with van der Waals surface area (Å²) >= 11 is 0. The maximum atomic E-state index is 14.9. The number of hydrogen-bond donors (Lipinski definition) is 1. The number of pyridine rings is 1. The molecule has 4 rings (SSSR count). The third kappa shape index (κ3) is 3.61. The van der Waals surface area contributed by atoms with Crippen molar-refractivity contribution in [2.75, 3.05) is 23.8 Å². The van der Waals surface area contributed by atoms with Crippen LogP contribution in [-0.4, -0.2) is 29.4 Å². The average molecular weight is 404 g/mol. The lowest BCUT2D eigenvalue weighted by Crippen LogP contribution is -2.22. The molecule has 5 nitrogen and oxygen atoms in total. The van der Waals surface area contributed by atoms with Gasteiger partial charge in [0.15, 0.2) is 0 Å². The molecule has 0 radical (unpaired) electrons. The van der Waals surface area contributed by atoms with Crippen molar-refractivity contribution in [2.45, 2.75) is 26.4 Å². The Hall–Kier alpha value is -3.41. The smallest absolute Gasteiger partial charge is 0.254 e. The molecule has 2 heterocycles. The van der Waals surface area contributed by atoms with Gasteiger partial charge in [-0.3, -0.25) is 4.79 Å². The quantitative estimate of drug-likeness (QED) is 0.618. The van der Waals surface area contributed by atoms with Gasteiger partial charge in [0.2, 0.25) is 0 Å². The van der Waals surface area contributed by atoms with Gasteiger partial charge in [0, 0.05) is 36.6 Å². The molecule has 30 heavy (non-hydrogen) atoms. The number of anilines is 3. The van der Waals surface area contributed by atoms with Crippen LogP contribution in [0.4, 0.5) is 21.6 Å². The summed E-state index contributed by atoms with van der Waals surface area (Å²) in [4.78, 5) is 20.5. The van der Waals surface area contributed by atoms with Gasteiger partial charge >= 0.3 is 0 Å². The van der Waals surface area contributed by atoms with Crippen molar-refractivity contribution in [3.63, 3.8) is 0 Å². The van der Waals surface area contributed by atoms with Crippen molar-refractivity contribution >= 4 is 23.1 Å². The van der Waals surface area contributed by atoms with Crippen LogP contribution in [0.2, 0.25) is 0 Å². The van der Waals surface area contributed by atoms with E-state index in [2.05, 4.69) is 10.3 Å². The summed E-state index contributed by atoms with van der Waals surface area (Å²) in [5.74, 6) is 0.422.